The predicted molar refractivity (Wildman–Crippen MR) is 56.8 cm³/mol. The van der Waals surface area contributed by atoms with E-state index in [1.165, 1.54) is 0 Å². The highest BCUT2D eigenvalue weighted by Gasteiger charge is 2.02. The minimum Gasteiger partial charge on any atom is -0.347 e. The molecule has 0 aliphatic rings. The number of nitrogens with one attached hydrogen (secondary N) is 1. The molecule has 0 spiro atoms. The van der Waals surface area contributed by atoms with Gasteiger partial charge in [0.15, 0.2) is 0 Å². The second-order valence-electron chi connectivity index (χ2n) is 2.57. The number of carbonyl (C=O) groups excluding carboxylic acids is 1. The van der Waals surface area contributed by atoms with E-state index in [0.29, 0.717) is 12.1 Å². The number of carbonyl (C=O) groups is 1. The lowest BCUT2D eigenvalue weighted by Gasteiger charge is -2.02. The molecule has 1 rings (SSSR count). The van der Waals surface area contributed by atoms with Crippen molar-refractivity contribution in [2.24, 2.45) is 0 Å². The molecule has 0 aliphatic carbocycles. The molecule has 3 heteroatoms. The molecule has 0 bridgehead atoms. The molecule has 0 atom stereocenters. The highest BCUT2D eigenvalue weighted by Crippen LogP contribution is 2.00. The van der Waals surface area contributed by atoms with Gasteiger partial charge < -0.3 is 5.32 Å². The average Bonchev–Trinajstić information content (AvgIpc) is 2.15. The summed E-state index contributed by atoms with van der Waals surface area (Å²) in [5.41, 5.74) is 0.663. The first kappa shape index (κ1) is 9.99. The summed E-state index contributed by atoms with van der Waals surface area (Å²) in [4.78, 5) is 11.4. The van der Waals surface area contributed by atoms with Crippen molar-refractivity contribution in [1.29, 1.82) is 0 Å². The molecule has 0 radical (unpaired) electrons. The number of hydrogen-bond acceptors (Lipinski definition) is 1. The molecule has 1 N–H and O–H groups in total. The average molecular weight is 240 g/mol. The minimum atomic E-state index is -0.0822. The van der Waals surface area contributed by atoms with Gasteiger partial charge in [0.05, 0.1) is 0 Å². The van der Waals surface area contributed by atoms with E-state index in [1.54, 1.807) is 12.1 Å². The second-order valence-corrected chi connectivity index (χ2v) is 3.69. The second kappa shape index (κ2) is 4.82. The van der Waals surface area contributed by atoms with Gasteiger partial charge in [0.1, 0.15) is 0 Å². The Kier molecular flexibility index (Phi) is 3.71. The number of halogens is 1. The van der Waals surface area contributed by atoms with Crippen LogP contribution in [0.15, 0.2) is 41.4 Å². The zero-order valence-corrected chi connectivity index (χ0v) is 8.67. The van der Waals surface area contributed by atoms with Crippen LogP contribution < -0.4 is 5.32 Å². The lowest BCUT2D eigenvalue weighted by atomic mass is 10.2. The number of rotatable bonds is 3. The largest absolute Gasteiger partial charge is 0.347 e. The van der Waals surface area contributed by atoms with Gasteiger partial charge >= 0.3 is 0 Å². The maximum Gasteiger partial charge on any atom is 0.251 e. The van der Waals surface area contributed by atoms with Gasteiger partial charge in [-0.15, -0.1) is 0 Å². The summed E-state index contributed by atoms with van der Waals surface area (Å²) in [6.45, 7) is 4.07. The molecular formula is C10H10BrNO. The summed E-state index contributed by atoms with van der Waals surface area (Å²) >= 11 is 3.17. The third-order valence-electron chi connectivity index (χ3n) is 1.48. The summed E-state index contributed by atoms with van der Waals surface area (Å²) in [5.74, 6) is -0.0822. The summed E-state index contributed by atoms with van der Waals surface area (Å²) in [6.07, 6.45) is 0. The van der Waals surface area contributed by atoms with Gasteiger partial charge in [-0.05, 0) is 12.1 Å². The fourth-order valence-electron chi connectivity index (χ4n) is 0.868. The van der Waals surface area contributed by atoms with Gasteiger partial charge in [0.2, 0.25) is 0 Å². The molecule has 0 saturated carbocycles. The SMILES string of the molecule is C=C(Br)CNC(=O)c1ccccc1. The topological polar surface area (TPSA) is 29.1 Å². The molecule has 1 aromatic carbocycles. The van der Waals surface area contributed by atoms with Crippen LogP contribution in [0.5, 0.6) is 0 Å². The van der Waals surface area contributed by atoms with Crippen LogP contribution in [-0.2, 0) is 0 Å². The van der Waals surface area contributed by atoms with Crippen molar-refractivity contribution in [3.8, 4) is 0 Å². The molecule has 1 amide bonds. The van der Waals surface area contributed by atoms with Crippen LogP contribution in [0.1, 0.15) is 10.4 Å². The highest BCUT2D eigenvalue weighted by atomic mass is 79.9. The van der Waals surface area contributed by atoms with E-state index in [0.717, 1.165) is 4.48 Å². The van der Waals surface area contributed by atoms with Crippen molar-refractivity contribution >= 4 is 21.8 Å². The Hall–Kier alpha value is -1.09. The molecule has 1 aromatic rings. The van der Waals surface area contributed by atoms with E-state index >= 15 is 0 Å². The third-order valence-corrected chi connectivity index (χ3v) is 1.76. The Morgan fingerprint density at radius 2 is 2.00 bits per heavy atom. The Labute approximate surface area is 85.8 Å². The van der Waals surface area contributed by atoms with Gasteiger partial charge in [-0.2, -0.15) is 0 Å². The third kappa shape index (κ3) is 3.42. The molecular weight excluding hydrogens is 230 g/mol. The number of benzene rings is 1. The first-order chi connectivity index (χ1) is 6.20. The summed E-state index contributed by atoms with van der Waals surface area (Å²) in [5, 5.41) is 2.71. The monoisotopic (exact) mass is 239 g/mol. The molecule has 0 fully saturated rings. The van der Waals surface area contributed by atoms with Gasteiger partial charge in [-0.25, -0.2) is 0 Å². The Bertz CT molecular complexity index is 308. The first-order valence-corrected chi connectivity index (χ1v) is 4.66. The van der Waals surface area contributed by atoms with E-state index in [9.17, 15) is 4.79 Å². The first-order valence-electron chi connectivity index (χ1n) is 3.86. The quantitative estimate of drug-likeness (QED) is 0.863. The van der Waals surface area contributed by atoms with E-state index in [1.807, 2.05) is 18.2 Å². The van der Waals surface area contributed by atoms with E-state index < -0.39 is 0 Å². The van der Waals surface area contributed by atoms with Gasteiger partial charge in [0, 0.05) is 16.6 Å². The lowest BCUT2D eigenvalue weighted by molar-refractivity contribution is 0.0958. The molecule has 68 valence electrons. The van der Waals surface area contributed by atoms with Crippen molar-refractivity contribution in [2.75, 3.05) is 6.54 Å². The maximum atomic E-state index is 11.4. The highest BCUT2D eigenvalue weighted by molar-refractivity contribution is 9.11. The van der Waals surface area contributed by atoms with Crippen molar-refractivity contribution in [2.45, 2.75) is 0 Å². The molecule has 2 nitrogen and oxygen atoms in total. The maximum absolute atomic E-state index is 11.4. The van der Waals surface area contributed by atoms with Gasteiger partial charge in [0.25, 0.3) is 5.91 Å². The van der Waals surface area contributed by atoms with Crippen LogP contribution >= 0.6 is 15.9 Å². The molecule has 0 saturated heterocycles. The van der Waals surface area contributed by atoms with Crippen molar-refractivity contribution in [3.05, 3.63) is 47.0 Å². The molecule has 0 unspecified atom stereocenters. The predicted octanol–water partition coefficient (Wildman–Crippen LogP) is 2.33. The molecule has 0 aliphatic heterocycles. The molecule has 13 heavy (non-hydrogen) atoms. The number of amides is 1. The van der Waals surface area contributed by atoms with E-state index in [-0.39, 0.29) is 5.91 Å². The Balaban J connectivity index is 2.54. The summed E-state index contributed by atoms with van der Waals surface area (Å²) in [6, 6.07) is 9.08. The van der Waals surface area contributed by atoms with Gasteiger partial charge in [-0.1, -0.05) is 40.7 Å². The fraction of sp³-hybridized carbons (Fsp3) is 0.100. The summed E-state index contributed by atoms with van der Waals surface area (Å²) in [7, 11) is 0. The Morgan fingerprint density at radius 1 is 1.38 bits per heavy atom. The van der Waals surface area contributed by atoms with Gasteiger partial charge in [-0.3, -0.25) is 4.79 Å². The van der Waals surface area contributed by atoms with Crippen LogP contribution in [0.25, 0.3) is 0 Å². The van der Waals surface area contributed by atoms with Crippen molar-refractivity contribution in [3.63, 3.8) is 0 Å². The smallest absolute Gasteiger partial charge is 0.251 e. The van der Waals surface area contributed by atoms with E-state index in [4.69, 9.17) is 0 Å². The van der Waals surface area contributed by atoms with Crippen LogP contribution in [0, 0.1) is 0 Å². The lowest BCUT2D eigenvalue weighted by Crippen LogP contribution is -2.24. The Morgan fingerprint density at radius 3 is 2.54 bits per heavy atom. The molecule has 0 heterocycles. The number of hydrogen-bond donors (Lipinski definition) is 1. The zero-order valence-electron chi connectivity index (χ0n) is 7.09. The van der Waals surface area contributed by atoms with Crippen molar-refractivity contribution in [1.82, 2.24) is 5.32 Å². The van der Waals surface area contributed by atoms with Crippen LogP contribution in [0.3, 0.4) is 0 Å². The summed E-state index contributed by atoms with van der Waals surface area (Å²) < 4.78 is 0.761. The van der Waals surface area contributed by atoms with Crippen LogP contribution in [0.2, 0.25) is 0 Å². The standard InChI is InChI=1S/C10H10BrNO/c1-8(11)7-12-10(13)9-5-3-2-4-6-9/h2-6H,1,7H2,(H,12,13). The fourth-order valence-corrected chi connectivity index (χ4v) is 1.01. The van der Waals surface area contributed by atoms with Crippen molar-refractivity contribution < 1.29 is 4.79 Å². The van der Waals surface area contributed by atoms with Crippen LogP contribution in [-0.4, -0.2) is 12.5 Å². The minimum absolute atomic E-state index is 0.0822. The van der Waals surface area contributed by atoms with E-state index in [2.05, 4.69) is 27.8 Å². The zero-order chi connectivity index (χ0) is 9.68. The molecule has 0 aromatic heterocycles. The normalized spacial score (nSPS) is 9.31. The van der Waals surface area contributed by atoms with Crippen LogP contribution in [0.4, 0.5) is 0 Å².